The second-order valence-electron chi connectivity index (χ2n) is 4.55. The minimum absolute atomic E-state index is 0.0597. The van der Waals surface area contributed by atoms with E-state index in [1.165, 1.54) is 16.2 Å². The summed E-state index contributed by atoms with van der Waals surface area (Å²) in [6, 6.07) is 6.12. The van der Waals surface area contributed by atoms with Gasteiger partial charge in [-0.25, -0.2) is 0 Å². The number of nitrogens with one attached hydrogen (secondary N) is 2. The first kappa shape index (κ1) is 13.3. The Kier molecular flexibility index (Phi) is 3.83. The van der Waals surface area contributed by atoms with E-state index in [4.69, 9.17) is 0 Å². The zero-order valence-electron chi connectivity index (χ0n) is 10.7. The molecule has 0 aliphatic carbocycles. The van der Waals surface area contributed by atoms with Crippen LogP contribution in [0.4, 0.5) is 5.00 Å². The van der Waals surface area contributed by atoms with Crippen LogP contribution in [0.15, 0.2) is 17.5 Å². The highest BCUT2D eigenvalue weighted by molar-refractivity contribution is 7.16. The third-order valence-electron chi connectivity index (χ3n) is 3.21. The molecule has 1 aliphatic heterocycles. The van der Waals surface area contributed by atoms with Crippen molar-refractivity contribution in [2.24, 2.45) is 0 Å². The van der Waals surface area contributed by atoms with Gasteiger partial charge in [-0.3, -0.25) is 4.79 Å². The predicted octanol–water partition coefficient (Wildman–Crippen LogP) is 2.51. The summed E-state index contributed by atoms with van der Waals surface area (Å²) in [4.78, 5) is 14.2. The molecule has 6 heteroatoms. The van der Waals surface area contributed by atoms with Gasteiger partial charge in [0.1, 0.15) is 11.1 Å². The minimum Gasteiger partial charge on any atom is -0.316 e. The molecule has 0 fully saturated rings. The normalized spacial score (nSPS) is 13.6. The maximum Gasteiger partial charge on any atom is 0.230 e. The van der Waals surface area contributed by atoms with Gasteiger partial charge in [0.05, 0.1) is 12.0 Å². The highest BCUT2D eigenvalue weighted by Gasteiger charge is 2.21. The van der Waals surface area contributed by atoms with Gasteiger partial charge >= 0.3 is 0 Å². The third kappa shape index (κ3) is 2.61. The fraction of sp³-hybridized carbons (Fsp3) is 0.286. The van der Waals surface area contributed by atoms with Gasteiger partial charge in [-0.15, -0.1) is 22.7 Å². The second-order valence-corrected chi connectivity index (χ2v) is 6.69. The van der Waals surface area contributed by atoms with E-state index in [0.29, 0.717) is 17.0 Å². The molecule has 102 valence electrons. The van der Waals surface area contributed by atoms with Crippen molar-refractivity contribution in [3.8, 4) is 6.07 Å². The van der Waals surface area contributed by atoms with Crippen LogP contribution in [0.2, 0.25) is 0 Å². The zero-order valence-corrected chi connectivity index (χ0v) is 12.4. The number of rotatable bonds is 3. The van der Waals surface area contributed by atoms with Crippen LogP contribution >= 0.6 is 22.7 Å². The number of anilines is 1. The van der Waals surface area contributed by atoms with Crippen LogP contribution in [0.25, 0.3) is 0 Å². The first-order valence-corrected chi connectivity index (χ1v) is 8.05. The Hall–Kier alpha value is -1.68. The molecule has 3 heterocycles. The van der Waals surface area contributed by atoms with E-state index in [9.17, 15) is 10.1 Å². The molecule has 3 rings (SSSR count). The first-order chi connectivity index (χ1) is 9.78. The van der Waals surface area contributed by atoms with Crippen molar-refractivity contribution in [1.82, 2.24) is 5.32 Å². The number of hydrogen-bond acceptors (Lipinski definition) is 5. The lowest BCUT2D eigenvalue weighted by atomic mass is 10.1. The fourth-order valence-electron chi connectivity index (χ4n) is 2.28. The van der Waals surface area contributed by atoms with Crippen LogP contribution in [0.1, 0.15) is 20.9 Å². The zero-order chi connectivity index (χ0) is 13.9. The summed E-state index contributed by atoms with van der Waals surface area (Å²) in [6.45, 7) is 1.68. The highest BCUT2D eigenvalue weighted by Crippen LogP contribution is 2.34. The lowest BCUT2D eigenvalue weighted by molar-refractivity contribution is -0.115. The molecule has 0 spiro atoms. The minimum atomic E-state index is -0.0597. The summed E-state index contributed by atoms with van der Waals surface area (Å²) in [6.07, 6.45) is 1.22. The third-order valence-corrected chi connectivity index (χ3v) is 5.23. The van der Waals surface area contributed by atoms with E-state index < -0.39 is 0 Å². The molecule has 0 atom stereocenters. The van der Waals surface area contributed by atoms with Crippen molar-refractivity contribution in [2.45, 2.75) is 19.4 Å². The van der Waals surface area contributed by atoms with Gasteiger partial charge in [-0.05, 0) is 30.0 Å². The number of amides is 1. The van der Waals surface area contributed by atoms with Crippen molar-refractivity contribution in [3.63, 3.8) is 0 Å². The molecule has 20 heavy (non-hydrogen) atoms. The SMILES string of the molecule is N#Cc1c(NC(=O)Cc2cccs2)sc2c1CCNC2. The van der Waals surface area contributed by atoms with Crippen molar-refractivity contribution in [2.75, 3.05) is 11.9 Å². The van der Waals surface area contributed by atoms with E-state index in [1.807, 2.05) is 17.5 Å². The van der Waals surface area contributed by atoms with E-state index in [0.717, 1.165) is 30.0 Å². The number of fused-ring (bicyclic) bond motifs is 1. The van der Waals surface area contributed by atoms with Crippen molar-refractivity contribution >= 4 is 33.6 Å². The van der Waals surface area contributed by atoms with Crippen molar-refractivity contribution in [3.05, 3.63) is 38.4 Å². The van der Waals surface area contributed by atoms with Crippen LogP contribution in [0, 0.1) is 11.3 Å². The average Bonchev–Trinajstić information content (AvgIpc) is 3.05. The van der Waals surface area contributed by atoms with E-state index in [-0.39, 0.29) is 5.91 Å². The van der Waals surface area contributed by atoms with Crippen molar-refractivity contribution < 1.29 is 4.79 Å². The molecule has 2 N–H and O–H groups in total. The number of thiophene rings is 2. The lowest BCUT2D eigenvalue weighted by Crippen LogP contribution is -2.22. The van der Waals surface area contributed by atoms with Gasteiger partial charge in [0.15, 0.2) is 0 Å². The Morgan fingerprint density at radius 3 is 3.20 bits per heavy atom. The van der Waals surface area contributed by atoms with Gasteiger partial charge in [0, 0.05) is 16.3 Å². The molecule has 2 aromatic rings. The smallest absolute Gasteiger partial charge is 0.230 e. The second kappa shape index (κ2) is 5.75. The quantitative estimate of drug-likeness (QED) is 0.915. The van der Waals surface area contributed by atoms with Crippen LogP contribution in [0.3, 0.4) is 0 Å². The summed E-state index contributed by atoms with van der Waals surface area (Å²) in [7, 11) is 0. The Labute approximate surface area is 125 Å². The predicted molar refractivity (Wildman–Crippen MR) is 81.1 cm³/mol. The number of carbonyl (C=O) groups excluding carboxylic acids is 1. The Balaban J connectivity index is 1.79. The lowest BCUT2D eigenvalue weighted by Gasteiger charge is -2.11. The molecular weight excluding hydrogens is 290 g/mol. The molecule has 0 saturated heterocycles. The van der Waals surface area contributed by atoms with Crippen LogP contribution in [-0.4, -0.2) is 12.5 Å². The maximum absolute atomic E-state index is 12.0. The molecule has 0 radical (unpaired) electrons. The van der Waals surface area contributed by atoms with Gasteiger partial charge in [-0.1, -0.05) is 6.07 Å². The molecule has 1 aliphatic rings. The largest absolute Gasteiger partial charge is 0.316 e. The summed E-state index contributed by atoms with van der Waals surface area (Å²) in [5, 5.41) is 18.2. The van der Waals surface area contributed by atoms with Crippen LogP contribution in [-0.2, 0) is 24.2 Å². The molecule has 0 saturated carbocycles. The Bertz CT molecular complexity index is 667. The van der Waals surface area contributed by atoms with Crippen molar-refractivity contribution in [1.29, 1.82) is 5.26 Å². The molecule has 0 unspecified atom stereocenters. The van der Waals surface area contributed by atoms with Gasteiger partial charge in [0.25, 0.3) is 0 Å². The monoisotopic (exact) mass is 303 g/mol. The van der Waals surface area contributed by atoms with E-state index in [2.05, 4.69) is 16.7 Å². The molecule has 0 aromatic carbocycles. The maximum atomic E-state index is 12.0. The summed E-state index contributed by atoms with van der Waals surface area (Å²) >= 11 is 3.08. The number of nitrogens with zero attached hydrogens (tertiary/aromatic N) is 1. The average molecular weight is 303 g/mol. The van der Waals surface area contributed by atoms with E-state index >= 15 is 0 Å². The Morgan fingerprint density at radius 1 is 1.55 bits per heavy atom. The molecule has 1 amide bonds. The highest BCUT2D eigenvalue weighted by atomic mass is 32.1. The summed E-state index contributed by atoms with van der Waals surface area (Å²) in [5.41, 5.74) is 1.74. The molecular formula is C14H13N3OS2. The van der Waals surface area contributed by atoms with Gasteiger partial charge < -0.3 is 10.6 Å². The molecule has 0 bridgehead atoms. The summed E-state index contributed by atoms with van der Waals surface area (Å²) < 4.78 is 0. The van der Waals surface area contributed by atoms with Crippen LogP contribution in [0.5, 0.6) is 0 Å². The molecule has 2 aromatic heterocycles. The number of hydrogen-bond donors (Lipinski definition) is 2. The van der Waals surface area contributed by atoms with E-state index in [1.54, 1.807) is 11.3 Å². The van der Waals surface area contributed by atoms with Gasteiger partial charge in [-0.2, -0.15) is 5.26 Å². The molecule has 4 nitrogen and oxygen atoms in total. The number of carbonyl (C=O) groups is 1. The fourth-order valence-corrected chi connectivity index (χ4v) is 4.17. The first-order valence-electron chi connectivity index (χ1n) is 6.35. The number of nitriles is 1. The van der Waals surface area contributed by atoms with Gasteiger partial charge in [0.2, 0.25) is 5.91 Å². The standard InChI is InChI=1S/C14H13N3OS2/c15-7-11-10-3-4-16-8-12(10)20-14(11)17-13(18)6-9-2-1-5-19-9/h1-2,5,16H,3-4,6,8H2,(H,17,18). The summed E-state index contributed by atoms with van der Waals surface area (Å²) in [5.74, 6) is -0.0597. The Morgan fingerprint density at radius 2 is 2.45 bits per heavy atom. The van der Waals surface area contributed by atoms with Crippen LogP contribution < -0.4 is 10.6 Å². The topological polar surface area (TPSA) is 64.9 Å².